The monoisotopic (exact) mass is 354 g/mol. The highest BCUT2D eigenvalue weighted by Gasteiger charge is 2.21. The van der Waals surface area contributed by atoms with E-state index in [0.29, 0.717) is 22.2 Å². The van der Waals surface area contributed by atoms with Gasteiger partial charge in [0.25, 0.3) is 0 Å². The second kappa shape index (κ2) is 8.78. The summed E-state index contributed by atoms with van der Waals surface area (Å²) in [6, 6.07) is 3.12. The van der Waals surface area contributed by atoms with Crippen molar-refractivity contribution in [2.75, 3.05) is 19.5 Å². The van der Waals surface area contributed by atoms with Gasteiger partial charge in [0.05, 0.1) is 24.9 Å². The lowest BCUT2D eigenvalue weighted by molar-refractivity contribution is -0.136. The largest absolute Gasteiger partial charge is 0.495 e. The third-order valence-corrected chi connectivity index (χ3v) is 4.41. The Balaban J connectivity index is 2.03. The number of carbonyl (C=O) groups excluding carboxylic acids is 2. The van der Waals surface area contributed by atoms with Crippen molar-refractivity contribution in [1.82, 2.24) is 5.32 Å². The van der Waals surface area contributed by atoms with E-state index in [4.69, 9.17) is 21.1 Å². The van der Waals surface area contributed by atoms with Crippen molar-refractivity contribution in [3.63, 3.8) is 0 Å². The second-order valence-electron chi connectivity index (χ2n) is 5.80. The van der Waals surface area contributed by atoms with Crippen LogP contribution in [-0.4, -0.2) is 32.1 Å². The van der Waals surface area contributed by atoms with Gasteiger partial charge in [0, 0.05) is 18.2 Å². The molecule has 1 aliphatic carbocycles. The highest BCUT2D eigenvalue weighted by atomic mass is 35.5. The Morgan fingerprint density at radius 3 is 2.21 bits per heavy atom. The molecule has 0 radical (unpaired) electrons. The first-order chi connectivity index (χ1) is 11.5. The van der Waals surface area contributed by atoms with E-state index in [2.05, 4.69) is 10.6 Å². The molecule has 132 valence electrons. The second-order valence-corrected chi connectivity index (χ2v) is 6.21. The average Bonchev–Trinajstić information content (AvgIpc) is 2.84. The summed E-state index contributed by atoms with van der Waals surface area (Å²) in [5.74, 6) is -0.631. The molecule has 24 heavy (non-hydrogen) atoms. The number of benzene rings is 1. The maximum atomic E-state index is 12.2. The molecule has 0 unspecified atom stereocenters. The molecule has 1 saturated carbocycles. The zero-order chi connectivity index (χ0) is 17.5. The first-order valence-electron chi connectivity index (χ1n) is 8.08. The number of hydrogen-bond donors (Lipinski definition) is 2. The summed E-state index contributed by atoms with van der Waals surface area (Å²) in [6.07, 6.45) is 6.35. The molecule has 2 amide bonds. The molecule has 1 fully saturated rings. The summed E-state index contributed by atoms with van der Waals surface area (Å²) >= 11 is 6.03. The predicted molar refractivity (Wildman–Crippen MR) is 92.8 cm³/mol. The summed E-state index contributed by atoms with van der Waals surface area (Å²) in [6.45, 7) is 0. The number of anilines is 1. The Bertz CT molecular complexity index is 598. The standard InChI is InChI=1S/C17H23ClN2O4/c1-23-14-10-13(15(24-2)9-12(14)18)20-17(22)16(21)19-11-7-5-3-4-6-8-11/h9-11H,3-8H2,1-2H3,(H,19,21)(H,20,22). The number of halogens is 1. The van der Waals surface area contributed by atoms with E-state index in [0.717, 1.165) is 25.7 Å². The Hall–Kier alpha value is -1.95. The van der Waals surface area contributed by atoms with E-state index in [1.54, 1.807) is 0 Å². The summed E-state index contributed by atoms with van der Waals surface area (Å²) in [5.41, 5.74) is 0.333. The predicted octanol–water partition coefficient (Wildman–Crippen LogP) is 3.13. The van der Waals surface area contributed by atoms with Gasteiger partial charge in [-0.2, -0.15) is 0 Å². The topological polar surface area (TPSA) is 76.7 Å². The van der Waals surface area contributed by atoms with Crippen molar-refractivity contribution in [2.24, 2.45) is 0 Å². The lowest BCUT2D eigenvalue weighted by Gasteiger charge is -2.17. The number of amides is 2. The quantitative estimate of drug-likeness (QED) is 0.643. The van der Waals surface area contributed by atoms with Crippen LogP contribution < -0.4 is 20.1 Å². The molecule has 0 bridgehead atoms. The van der Waals surface area contributed by atoms with Crippen LogP contribution in [0.1, 0.15) is 38.5 Å². The number of ether oxygens (including phenoxy) is 2. The van der Waals surface area contributed by atoms with Crippen LogP contribution in [0.15, 0.2) is 12.1 Å². The van der Waals surface area contributed by atoms with Crippen molar-refractivity contribution in [3.8, 4) is 11.5 Å². The van der Waals surface area contributed by atoms with Crippen LogP contribution in [0.3, 0.4) is 0 Å². The van der Waals surface area contributed by atoms with Gasteiger partial charge in [-0.25, -0.2) is 0 Å². The van der Waals surface area contributed by atoms with Crippen LogP contribution in [-0.2, 0) is 9.59 Å². The highest BCUT2D eigenvalue weighted by Crippen LogP contribution is 2.35. The minimum absolute atomic E-state index is 0.0624. The first-order valence-corrected chi connectivity index (χ1v) is 8.46. The number of nitrogens with one attached hydrogen (secondary N) is 2. The molecule has 2 rings (SSSR count). The summed E-state index contributed by atoms with van der Waals surface area (Å²) in [4.78, 5) is 24.3. The fourth-order valence-electron chi connectivity index (χ4n) is 2.81. The van der Waals surface area contributed by atoms with Crippen molar-refractivity contribution in [1.29, 1.82) is 0 Å². The SMILES string of the molecule is COc1cc(NC(=O)C(=O)NC2CCCCCC2)c(OC)cc1Cl. The number of methoxy groups -OCH3 is 2. The third-order valence-electron chi connectivity index (χ3n) is 4.12. The van der Waals surface area contributed by atoms with Crippen molar-refractivity contribution < 1.29 is 19.1 Å². The van der Waals surface area contributed by atoms with Crippen LogP contribution in [0.25, 0.3) is 0 Å². The van der Waals surface area contributed by atoms with Crippen LogP contribution >= 0.6 is 11.6 Å². The van der Waals surface area contributed by atoms with E-state index in [1.807, 2.05) is 0 Å². The van der Waals surface area contributed by atoms with Gasteiger partial charge in [-0.3, -0.25) is 9.59 Å². The van der Waals surface area contributed by atoms with Gasteiger partial charge in [-0.15, -0.1) is 0 Å². The Morgan fingerprint density at radius 2 is 1.62 bits per heavy atom. The van der Waals surface area contributed by atoms with Gasteiger partial charge in [0.1, 0.15) is 11.5 Å². The maximum Gasteiger partial charge on any atom is 0.313 e. The van der Waals surface area contributed by atoms with Crippen molar-refractivity contribution in [3.05, 3.63) is 17.2 Å². The van der Waals surface area contributed by atoms with E-state index in [9.17, 15) is 9.59 Å². The van der Waals surface area contributed by atoms with Crippen molar-refractivity contribution >= 4 is 29.1 Å². The molecule has 7 heteroatoms. The molecule has 0 spiro atoms. The molecular formula is C17H23ClN2O4. The molecule has 1 aliphatic rings. The molecular weight excluding hydrogens is 332 g/mol. The Kier molecular flexibility index (Phi) is 6.73. The van der Waals surface area contributed by atoms with E-state index < -0.39 is 11.8 Å². The van der Waals surface area contributed by atoms with Gasteiger partial charge in [-0.05, 0) is 12.8 Å². The average molecular weight is 355 g/mol. The normalized spacial score (nSPS) is 15.3. The Labute approximate surface area is 146 Å². The van der Waals surface area contributed by atoms with Crippen LogP contribution in [0.2, 0.25) is 5.02 Å². The number of carbonyl (C=O) groups is 2. The molecule has 6 nitrogen and oxygen atoms in total. The molecule has 0 saturated heterocycles. The molecule has 1 aromatic carbocycles. The van der Waals surface area contributed by atoms with Gasteiger partial charge < -0.3 is 20.1 Å². The van der Waals surface area contributed by atoms with Gasteiger partial charge in [0.2, 0.25) is 0 Å². The minimum Gasteiger partial charge on any atom is -0.495 e. The minimum atomic E-state index is -0.734. The van der Waals surface area contributed by atoms with Gasteiger partial charge in [-0.1, -0.05) is 37.3 Å². The lowest BCUT2D eigenvalue weighted by atomic mass is 10.1. The molecule has 0 atom stereocenters. The molecule has 0 heterocycles. The fourth-order valence-corrected chi connectivity index (χ4v) is 3.04. The summed E-state index contributed by atoms with van der Waals surface area (Å²) in [7, 11) is 2.93. The highest BCUT2D eigenvalue weighted by molar-refractivity contribution is 6.40. The third kappa shape index (κ3) is 4.77. The molecule has 0 aliphatic heterocycles. The summed E-state index contributed by atoms with van der Waals surface area (Å²) in [5, 5.41) is 5.72. The Morgan fingerprint density at radius 1 is 1.00 bits per heavy atom. The van der Waals surface area contributed by atoms with Crippen LogP contribution in [0.4, 0.5) is 5.69 Å². The maximum absolute atomic E-state index is 12.2. The van der Waals surface area contributed by atoms with Gasteiger partial charge in [0.15, 0.2) is 0 Å². The summed E-state index contributed by atoms with van der Waals surface area (Å²) < 4.78 is 10.3. The molecule has 2 N–H and O–H groups in total. The number of hydrogen-bond acceptors (Lipinski definition) is 4. The van der Waals surface area contributed by atoms with Crippen molar-refractivity contribution in [2.45, 2.75) is 44.6 Å². The van der Waals surface area contributed by atoms with Crippen LogP contribution in [0.5, 0.6) is 11.5 Å². The van der Waals surface area contributed by atoms with Gasteiger partial charge >= 0.3 is 11.8 Å². The zero-order valence-electron chi connectivity index (χ0n) is 14.0. The van der Waals surface area contributed by atoms with E-state index in [1.165, 1.54) is 39.2 Å². The molecule has 0 aromatic heterocycles. The zero-order valence-corrected chi connectivity index (χ0v) is 14.7. The molecule has 1 aromatic rings. The first kappa shape index (κ1) is 18.4. The van der Waals surface area contributed by atoms with E-state index >= 15 is 0 Å². The fraction of sp³-hybridized carbons (Fsp3) is 0.529. The van der Waals surface area contributed by atoms with Crippen LogP contribution in [0, 0.1) is 0 Å². The number of rotatable bonds is 4. The smallest absolute Gasteiger partial charge is 0.313 e. The lowest BCUT2D eigenvalue weighted by Crippen LogP contribution is -2.41. The van der Waals surface area contributed by atoms with E-state index in [-0.39, 0.29) is 6.04 Å².